The number of rotatable bonds is 3. The molecule has 108 valence electrons. The minimum atomic E-state index is -0.996. The van der Waals surface area contributed by atoms with E-state index in [9.17, 15) is 24.4 Å². The fourth-order valence-corrected chi connectivity index (χ4v) is 2.50. The summed E-state index contributed by atoms with van der Waals surface area (Å²) >= 11 is 0. The smallest absolute Gasteiger partial charge is 0.326 e. The number of hydrogen-bond acceptors (Lipinski definition) is 4. The minimum absolute atomic E-state index is 0.116. The van der Waals surface area contributed by atoms with Crippen LogP contribution in [0.2, 0.25) is 0 Å². The zero-order valence-electron chi connectivity index (χ0n) is 10.8. The number of carbonyl (C=O) groups is 1. The van der Waals surface area contributed by atoms with Gasteiger partial charge in [-0.05, 0) is 18.9 Å². The van der Waals surface area contributed by atoms with Gasteiger partial charge in [-0.2, -0.15) is 0 Å². The van der Waals surface area contributed by atoms with Crippen LogP contribution in [-0.2, 0) is 4.79 Å². The lowest BCUT2D eigenvalue weighted by molar-refractivity contribution is -0.385. The SMILES string of the molecule is O=C(O)C1CCCCCN1c1ccc([N+](=O)[O-])cc1F. The van der Waals surface area contributed by atoms with Gasteiger partial charge in [0.1, 0.15) is 6.04 Å². The number of anilines is 1. The van der Waals surface area contributed by atoms with E-state index in [0.717, 1.165) is 25.3 Å². The Morgan fingerprint density at radius 2 is 2.15 bits per heavy atom. The molecule has 2 rings (SSSR count). The van der Waals surface area contributed by atoms with Crippen molar-refractivity contribution >= 4 is 17.3 Å². The molecule has 0 spiro atoms. The number of hydrogen-bond donors (Lipinski definition) is 1. The van der Waals surface area contributed by atoms with Crippen LogP contribution in [0.1, 0.15) is 25.7 Å². The summed E-state index contributed by atoms with van der Waals surface area (Å²) in [4.78, 5) is 22.7. The van der Waals surface area contributed by atoms with Crippen molar-refractivity contribution in [3.63, 3.8) is 0 Å². The molecule has 0 aromatic heterocycles. The molecule has 1 aliphatic rings. The molecule has 0 saturated carbocycles. The van der Waals surface area contributed by atoms with Gasteiger partial charge in [0.05, 0.1) is 16.7 Å². The number of carboxylic acids is 1. The van der Waals surface area contributed by atoms with Crippen LogP contribution < -0.4 is 4.90 Å². The first-order chi connectivity index (χ1) is 9.50. The van der Waals surface area contributed by atoms with Gasteiger partial charge in [0.15, 0.2) is 5.82 Å². The van der Waals surface area contributed by atoms with Crippen LogP contribution in [0.5, 0.6) is 0 Å². The molecule has 0 radical (unpaired) electrons. The third kappa shape index (κ3) is 2.87. The van der Waals surface area contributed by atoms with Crippen molar-refractivity contribution in [2.75, 3.05) is 11.4 Å². The van der Waals surface area contributed by atoms with Gasteiger partial charge < -0.3 is 10.0 Å². The predicted octanol–water partition coefficient (Wildman–Crippen LogP) is 2.57. The summed E-state index contributed by atoms with van der Waals surface area (Å²) in [5.41, 5.74) is -0.224. The van der Waals surface area contributed by atoms with Gasteiger partial charge >= 0.3 is 5.97 Å². The number of benzene rings is 1. The zero-order valence-corrected chi connectivity index (χ0v) is 10.8. The molecule has 6 nitrogen and oxygen atoms in total. The number of nitro benzene ring substituents is 1. The predicted molar refractivity (Wildman–Crippen MR) is 70.3 cm³/mol. The van der Waals surface area contributed by atoms with Gasteiger partial charge in [0, 0.05) is 12.6 Å². The lowest BCUT2D eigenvalue weighted by atomic mass is 10.1. The average Bonchev–Trinajstić information content (AvgIpc) is 2.64. The monoisotopic (exact) mass is 282 g/mol. The molecule has 1 N–H and O–H groups in total. The second-order valence-electron chi connectivity index (χ2n) is 4.79. The van der Waals surface area contributed by atoms with Gasteiger partial charge in [-0.3, -0.25) is 10.1 Å². The molecular formula is C13H15FN2O4. The number of nitro groups is 1. The van der Waals surface area contributed by atoms with E-state index in [0.29, 0.717) is 13.0 Å². The van der Waals surface area contributed by atoms with Crippen LogP contribution in [0.4, 0.5) is 15.8 Å². The molecule has 0 bridgehead atoms. The molecule has 1 unspecified atom stereocenters. The molecule has 1 atom stereocenters. The third-order valence-electron chi connectivity index (χ3n) is 3.49. The maximum atomic E-state index is 14.0. The summed E-state index contributed by atoms with van der Waals surface area (Å²) in [6.45, 7) is 0.436. The standard InChI is InChI=1S/C13H15FN2O4/c14-10-8-9(16(19)20)5-6-11(10)15-7-3-1-2-4-12(15)13(17)18/h5-6,8,12H,1-4,7H2,(H,17,18). The van der Waals surface area contributed by atoms with Crippen LogP contribution in [0.25, 0.3) is 0 Å². The summed E-state index contributed by atoms with van der Waals surface area (Å²) in [6, 6.07) is 2.53. The van der Waals surface area contributed by atoms with Crippen molar-refractivity contribution in [3.05, 3.63) is 34.1 Å². The van der Waals surface area contributed by atoms with Crippen molar-refractivity contribution in [2.45, 2.75) is 31.7 Å². The maximum Gasteiger partial charge on any atom is 0.326 e. The Morgan fingerprint density at radius 1 is 1.40 bits per heavy atom. The van der Waals surface area contributed by atoms with Crippen LogP contribution >= 0.6 is 0 Å². The molecule has 0 aliphatic carbocycles. The van der Waals surface area contributed by atoms with Crippen LogP contribution in [0.15, 0.2) is 18.2 Å². The minimum Gasteiger partial charge on any atom is -0.480 e. The molecule has 0 amide bonds. The fourth-order valence-electron chi connectivity index (χ4n) is 2.50. The highest BCUT2D eigenvalue weighted by Crippen LogP contribution is 2.29. The lowest BCUT2D eigenvalue weighted by Gasteiger charge is -2.29. The van der Waals surface area contributed by atoms with Gasteiger partial charge in [-0.1, -0.05) is 12.8 Å². The second-order valence-corrected chi connectivity index (χ2v) is 4.79. The van der Waals surface area contributed by atoms with E-state index in [1.54, 1.807) is 0 Å². The lowest BCUT2D eigenvalue weighted by Crippen LogP contribution is -2.41. The first kappa shape index (κ1) is 14.2. The molecule has 1 aromatic rings. The van der Waals surface area contributed by atoms with E-state index in [1.807, 2.05) is 0 Å². The number of aliphatic carboxylic acids is 1. The van der Waals surface area contributed by atoms with Crippen molar-refractivity contribution < 1.29 is 19.2 Å². The van der Waals surface area contributed by atoms with Crippen molar-refractivity contribution in [3.8, 4) is 0 Å². The molecule has 1 fully saturated rings. The number of non-ortho nitro benzene ring substituents is 1. The molecule has 1 heterocycles. The summed E-state index contributed by atoms with van der Waals surface area (Å²) in [7, 11) is 0. The highest BCUT2D eigenvalue weighted by molar-refractivity contribution is 5.78. The zero-order chi connectivity index (χ0) is 14.7. The Balaban J connectivity index is 2.36. The van der Waals surface area contributed by atoms with Gasteiger partial charge in [0.25, 0.3) is 5.69 Å². The molecular weight excluding hydrogens is 267 g/mol. The van der Waals surface area contributed by atoms with E-state index in [2.05, 4.69) is 0 Å². The summed E-state index contributed by atoms with van der Waals surface area (Å²) in [6.07, 6.45) is 2.91. The van der Waals surface area contributed by atoms with Crippen molar-refractivity contribution in [1.82, 2.24) is 0 Å². The van der Waals surface area contributed by atoms with Crippen molar-refractivity contribution in [2.24, 2.45) is 0 Å². The first-order valence-electron chi connectivity index (χ1n) is 6.44. The van der Waals surface area contributed by atoms with E-state index in [4.69, 9.17) is 0 Å². The normalized spacial score (nSPS) is 19.4. The molecule has 1 aromatic carbocycles. The molecule has 7 heteroatoms. The maximum absolute atomic E-state index is 14.0. The Hall–Kier alpha value is -2.18. The Kier molecular flexibility index (Phi) is 4.16. The first-order valence-corrected chi connectivity index (χ1v) is 6.44. The van der Waals surface area contributed by atoms with E-state index >= 15 is 0 Å². The fraction of sp³-hybridized carbons (Fsp3) is 0.462. The molecule has 1 saturated heterocycles. The van der Waals surface area contributed by atoms with Crippen LogP contribution in [-0.4, -0.2) is 28.6 Å². The third-order valence-corrected chi connectivity index (χ3v) is 3.49. The number of halogens is 1. The Bertz CT molecular complexity index is 535. The van der Waals surface area contributed by atoms with E-state index < -0.39 is 22.8 Å². The number of nitrogens with zero attached hydrogens (tertiary/aromatic N) is 2. The van der Waals surface area contributed by atoms with E-state index in [1.165, 1.54) is 17.0 Å². The Morgan fingerprint density at radius 3 is 2.75 bits per heavy atom. The second kappa shape index (κ2) is 5.85. The highest BCUT2D eigenvalue weighted by Gasteiger charge is 2.29. The summed E-state index contributed by atoms with van der Waals surface area (Å²) in [5.74, 6) is -1.75. The number of carboxylic acid groups (broad SMARTS) is 1. The molecule has 20 heavy (non-hydrogen) atoms. The molecule has 1 aliphatic heterocycles. The Labute approximate surface area is 115 Å². The van der Waals surface area contributed by atoms with Gasteiger partial charge in [-0.25, -0.2) is 9.18 Å². The van der Waals surface area contributed by atoms with Crippen molar-refractivity contribution in [1.29, 1.82) is 0 Å². The van der Waals surface area contributed by atoms with E-state index in [-0.39, 0.29) is 11.4 Å². The van der Waals surface area contributed by atoms with Crippen LogP contribution in [0, 0.1) is 15.9 Å². The largest absolute Gasteiger partial charge is 0.480 e. The van der Waals surface area contributed by atoms with Gasteiger partial charge in [0.2, 0.25) is 0 Å². The van der Waals surface area contributed by atoms with Crippen LogP contribution in [0.3, 0.4) is 0 Å². The van der Waals surface area contributed by atoms with Gasteiger partial charge in [-0.15, -0.1) is 0 Å². The summed E-state index contributed by atoms with van der Waals surface area (Å²) in [5, 5.41) is 19.9. The highest BCUT2D eigenvalue weighted by atomic mass is 19.1. The summed E-state index contributed by atoms with van der Waals surface area (Å²) < 4.78 is 14.0. The topological polar surface area (TPSA) is 83.7 Å². The average molecular weight is 282 g/mol. The quantitative estimate of drug-likeness (QED) is 0.680.